The molecule has 0 spiro atoms. The molecule has 0 radical (unpaired) electrons. The lowest BCUT2D eigenvalue weighted by Gasteiger charge is -2.22. The van der Waals surface area contributed by atoms with E-state index in [4.69, 9.17) is 21.3 Å². The molecular formula is C22H32ClIN6O. The molecule has 1 aliphatic heterocycles. The minimum Gasteiger partial charge on any atom is -0.495 e. The van der Waals surface area contributed by atoms with Crippen LogP contribution in [0, 0.1) is 0 Å². The van der Waals surface area contributed by atoms with Gasteiger partial charge in [0.2, 0.25) is 0 Å². The van der Waals surface area contributed by atoms with Crippen LogP contribution in [0.15, 0.2) is 41.5 Å². The first-order valence-electron chi connectivity index (χ1n) is 10.3. The highest BCUT2D eigenvalue weighted by molar-refractivity contribution is 14.0. The molecule has 9 heteroatoms. The van der Waals surface area contributed by atoms with E-state index in [0.717, 1.165) is 54.8 Å². The highest BCUT2D eigenvalue weighted by Gasteiger charge is 2.25. The third kappa shape index (κ3) is 7.03. The molecule has 1 aliphatic rings. The SMILES string of the molecule is CCNC(=NCc1ccnc(N(C)C)c1)NC1CCN(c2cc(Cl)ccc2OC)C1.I. The van der Waals surface area contributed by atoms with Crippen LogP contribution in [0.5, 0.6) is 5.75 Å². The van der Waals surface area contributed by atoms with Crippen molar-refractivity contribution in [1.82, 2.24) is 15.6 Å². The zero-order chi connectivity index (χ0) is 21.5. The van der Waals surface area contributed by atoms with Crippen molar-refractivity contribution in [3.05, 3.63) is 47.1 Å². The summed E-state index contributed by atoms with van der Waals surface area (Å²) in [6.07, 6.45) is 2.84. The van der Waals surface area contributed by atoms with E-state index in [1.165, 1.54) is 0 Å². The number of nitrogens with one attached hydrogen (secondary N) is 2. The van der Waals surface area contributed by atoms with Crippen LogP contribution in [0.1, 0.15) is 18.9 Å². The number of methoxy groups -OCH3 is 1. The van der Waals surface area contributed by atoms with Crippen LogP contribution in [-0.4, -0.2) is 57.8 Å². The van der Waals surface area contributed by atoms with Crippen molar-refractivity contribution in [2.24, 2.45) is 4.99 Å². The van der Waals surface area contributed by atoms with Crippen LogP contribution < -0.4 is 25.2 Å². The largest absolute Gasteiger partial charge is 0.495 e. The molecule has 1 aromatic carbocycles. The Morgan fingerprint density at radius 2 is 2.13 bits per heavy atom. The van der Waals surface area contributed by atoms with Gasteiger partial charge in [-0.25, -0.2) is 9.98 Å². The van der Waals surface area contributed by atoms with Crippen LogP contribution in [0.2, 0.25) is 5.02 Å². The molecule has 0 saturated carbocycles. The maximum absolute atomic E-state index is 6.21. The van der Waals surface area contributed by atoms with Gasteiger partial charge < -0.3 is 25.2 Å². The molecule has 1 saturated heterocycles. The summed E-state index contributed by atoms with van der Waals surface area (Å²) in [6, 6.07) is 10.1. The van der Waals surface area contributed by atoms with Gasteiger partial charge in [-0.3, -0.25) is 0 Å². The Bertz CT molecular complexity index is 879. The quantitative estimate of drug-likeness (QED) is 0.307. The highest BCUT2D eigenvalue weighted by Crippen LogP contribution is 2.33. The van der Waals surface area contributed by atoms with Gasteiger partial charge >= 0.3 is 0 Å². The summed E-state index contributed by atoms with van der Waals surface area (Å²) in [5.41, 5.74) is 2.16. The Kier molecular flexibility index (Phi) is 9.95. The average Bonchev–Trinajstić information content (AvgIpc) is 3.20. The number of rotatable bonds is 7. The number of pyridine rings is 1. The molecule has 2 heterocycles. The number of ether oxygens (including phenoxy) is 1. The molecule has 0 amide bonds. The predicted octanol–water partition coefficient (Wildman–Crippen LogP) is 3.76. The van der Waals surface area contributed by atoms with E-state index in [-0.39, 0.29) is 24.0 Å². The Labute approximate surface area is 207 Å². The molecule has 0 bridgehead atoms. The maximum atomic E-state index is 6.21. The molecular weight excluding hydrogens is 527 g/mol. The zero-order valence-corrected chi connectivity index (χ0v) is 21.6. The summed E-state index contributed by atoms with van der Waals surface area (Å²) in [7, 11) is 5.67. The molecule has 31 heavy (non-hydrogen) atoms. The van der Waals surface area contributed by atoms with Crippen LogP contribution in [-0.2, 0) is 6.54 Å². The van der Waals surface area contributed by atoms with Crippen molar-refractivity contribution in [1.29, 1.82) is 0 Å². The molecule has 1 unspecified atom stereocenters. The molecule has 1 aromatic heterocycles. The Morgan fingerprint density at radius 1 is 1.32 bits per heavy atom. The van der Waals surface area contributed by atoms with Gasteiger partial charge in [0.1, 0.15) is 11.6 Å². The van der Waals surface area contributed by atoms with E-state index in [1.807, 2.05) is 49.5 Å². The first-order valence-corrected chi connectivity index (χ1v) is 10.6. The Balaban J connectivity index is 0.00000341. The van der Waals surface area contributed by atoms with Crippen LogP contribution in [0.25, 0.3) is 0 Å². The molecule has 1 atom stereocenters. The molecule has 3 rings (SSSR count). The number of nitrogens with zero attached hydrogens (tertiary/aromatic N) is 4. The second kappa shape index (κ2) is 12.2. The van der Waals surface area contributed by atoms with Crippen molar-refractivity contribution in [2.75, 3.05) is 50.6 Å². The lowest BCUT2D eigenvalue weighted by molar-refractivity contribution is 0.415. The van der Waals surface area contributed by atoms with Crippen molar-refractivity contribution in [3.63, 3.8) is 0 Å². The third-order valence-electron chi connectivity index (χ3n) is 5.04. The van der Waals surface area contributed by atoms with E-state index in [1.54, 1.807) is 7.11 Å². The summed E-state index contributed by atoms with van der Waals surface area (Å²) in [5.74, 6) is 2.60. The molecule has 0 aliphatic carbocycles. The van der Waals surface area contributed by atoms with Crippen molar-refractivity contribution in [2.45, 2.75) is 25.9 Å². The normalized spacial score (nSPS) is 16.0. The number of hydrogen-bond donors (Lipinski definition) is 2. The molecule has 2 aromatic rings. The maximum Gasteiger partial charge on any atom is 0.191 e. The van der Waals surface area contributed by atoms with E-state index in [9.17, 15) is 0 Å². The van der Waals surface area contributed by atoms with Gasteiger partial charge in [-0.2, -0.15) is 0 Å². The number of halogens is 2. The lowest BCUT2D eigenvalue weighted by Crippen LogP contribution is -2.44. The number of aromatic nitrogens is 1. The summed E-state index contributed by atoms with van der Waals surface area (Å²) < 4.78 is 5.52. The van der Waals surface area contributed by atoms with Gasteiger partial charge in [0.25, 0.3) is 0 Å². The van der Waals surface area contributed by atoms with Gasteiger partial charge in [0.05, 0.1) is 19.3 Å². The van der Waals surface area contributed by atoms with Gasteiger partial charge in [-0.1, -0.05) is 11.6 Å². The fourth-order valence-electron chi connectivity index (χ4n) is 3.49. The molecule has 7 nitrogen and oxygen atoms in total. The Hall–Kier alpha value is -1.94. The second-order valence-corrected chi connectivity index (χ2v) is 7.94. The number of guanidine groups is 1. The summed E-state index contributed by atoms with van der Waals surface area (Å²) >= 11 is 6.21. The van der Waals surface area contributed by atoms with E-state index in [0.29, 0.717) is 17.6 Å². The smallest absolute Gasteiger partial charge is 0.191 e. The molecule has 1 fully saturated rings. The fourth-order valence-corrected chi connectivity index (χ4v) is 3.66. The number of anilines is 2. The summed E-state index contributed by atoms with van der Waals surface area (Å²) in [5, 5.41) is 7.64. The van der Waals surface area contributed by atoms with Crippen LogP contribution >= 0.6 is 35.6 Å². The van der Waals surface area contributed by atoms with E-state index >= 15 is 0 Å². The monoisotopic (exact) mass is 558 g/mol. The minimum absolute atomic E-state index is 0. The van der Waals surface area contributed by atoms with Crippen LogP contribution in [0.3, 0.4) is 0 Å². The van der Waals surface area contributed by atoms with Crippen LogP contribution in [0.4, 0.5) is 11.5 Å². The first kappa shape index (κ1) is 25.3. The molecule has 2 N–H and O–H groups in total. The van der Waals surface area contributed by atoms with Gasteiger partial charge in [0, 0.05) is 51.0 Å². The first-order chi connectivity index (χ1) is 14.5. The zero-order valence-electron chi connectivity index (χ0n) is 18.6. The van der Waals surface area contributed by atoms with E-state index < -0.39 is 0 Å². The minimum atomic E-state index is 0. The lowest BCUT2D eigenvalue weighted by atomic mass is 10.2. The van der Waals surface area contributed by atoms with Gasteiger partial charge in [-0.05, 0) is 49.2 Å². The van der Waals surface area contributed by atoms with Crippen molar-refractivity contribution < 1.29 is 4.74 Å². The Morgan fingerprint density at radius 3 is 2.84 bits per heavy atom. The van der Waals surface area contributed by atoms with Crippen molar-refractivity contribution >= 4 is 53.0 Å². The van der Waals surface area contributed by atoms with Gasteiger partial charge in [-0.15, -0.1) is 24.0 Å². The highest BCUT2D eigenvalue weighted by atomic mass is 127. The number of hydrogen-bond acceptors (Lipinski definition) is 5. The fraction of sp³-hybridized carbons (Fsp3) is 0.455. The molecule has 170 valence electrons. The number of benzene rings is 1. The van der Waals surface area contributed by atoms with Gasteiger partial charge in [0.15, 0.2) is 5.96 Å². The summed E-state index contributed by atoms with van der Waals surface area (Å²) in [4.78, 5) is 13.4. The third-order valence-corrected chi connectivity index (χ3v) is 5.28. The van der Waals surface area contributed by atoms with E-state index in [2.05, 4.69) is 33.5 Å². The number of aliphatic imine (C=N–C) groups is 1. The summed E-state index contributed by atoms with van der Waals surface area (Å²) in [6.45, 7) is 5.28. The van der Waals surface area contributed by atoms with Crippen molar-refractivity contribution in [3.8, 4) is 5.75 Å². The average molecular weight is 559 g/mol. The predicted molar refractivity (Wildman–Crippen MR) is 141 cm³/mol. The standard InChI is InChI=1S/C22H31ClN6O.HI/c1-5-24-22(26-14-16-8-10-25-21(12-16)28(2)3)27-18-9-11-29(15-18)19-13-17(23)6-7-20(19)30-4;/h6-8,10,12-13,18H,5,9,11,14-15H2,1-4H3,(H2,24,26,27);1H. The topological polar surface area (TPSA) is 65.0 Å². The second-order valence-electron chi connectivity index (χ2n) is 7.50.